The molecule has 0 saturated heterocycles. The van der Waals surface area contributed by atoms with Gasteiger partial charge in [-0.15, -0.1) is 0 Å². The molecule has 0 spiro atoms. The molecule has 0 saturated carbocycles. The summed E-state index contributed by atoms with van der Waals surface area (Å²) in [4.78, 5) is 15.2. The van der Waals surface area contributed by atoms with Crippen LogP contribution in [0.4, 0.5) is 0 Å². The van der Waals surface area contributed by atoms with Crippen molar-refractivity contribution in [2.45, 2.75) is 146 Å². The predicted molar refractivity (Wildman–Crippen MR) is 166 cm³/mol. The van der Waals surface area contributed by atoms with Crippen molar-refractivity contribution >= 4 is 53.9 Å². The van der Waals surface area contributed by atoms with Gasteiger partial charge in [-0.3, -0.25) is 0 Å². The molecule has 0 aliphatic carbocycles. The van der Waals surface area contributed by atoms with Crippen molar-refractivity contribution in [3.05, 3.63) is 0 Å². The van der Waals surface area contributed by atoms with Gasteiger partial charge < -0.3 is 0 Å². The van der Waals surface area contributed by atoms with Gasteiger partial charge in [-0.25, -0.2) is 0 Å². The third-order valence-corrected chi connectivity index (χ3v) is 26.5. The molecule has 0 amide bonds. The molecule has 0 aliphatic rings. The molecule has 0 aromatic carbocycles. The minimum atomic E-state index is -2.30. The van der Waals surface area contributed by atoms with Crippen LogP contribution in [0.5, 0.6) is 11.5 Å². The van der Waals surface area contributed by atoms with Crippen molar-refractivity contribution in [2.75, 3.05) is 13.2 Å². The zero-order valence-corrected chi connectivity index (χ0v) is 31.5. The molecule has 0 bridgehead atoms. The van der Waals surface area contributed by atoms with Gasteiger partial charge in [0.2, 0.25) is 0 Å². The summed E-state index contributed by atoms with van der Waals surface area (Å²) in [7, 11) is 0. The third-order valence-electron chi connectivity index (χ3n) is 6.67. The molecule has 206 valence electrons. The van der Waals surface area contributed by atoms with Crippen molar-refractivity contribution in [3.8, 4) is 11.5 Å². The molecule has 1 rings (SSSR count). The van der Waals surface area contributed by atoms with E-state index in [0.29, 0.717) is 0 Å². The van der Waals surface area contributed by atoms with E-state index in [4.69, 9.17) is 9.47 Å². The maximum atomic E-state index is 6.62. The van der Waals surface area contributed by atoms with Crippen molar-refractivity contribution in [2.24, 2.45) is 0 Å². The second kappa shape index (κ2) is 19.0. The third kappa shape index (κ3) is 14.6. The van der Waals surface area contributed by atoms with Crippen LogP contribution in [0, 0.1) is 0 Å². The van der Waals surface area contributed by atoms with Gasteiger partial charge in [-0.05, 0) is 0 Å². The van der Waals surface area contributed by atoms with Crippen LogP contribution in [0.2, 0.25) is 29.6 Å². The zero-order chi connectivity index (χ0) is 26.2. The van der Waals surface area contributed by atoms with E-state index in [-0.39, 0.29) is 0 Å². The Morgan fingerprint density at radius 2 is 0.743 bits per heavy atom. The molecule has 0 radical (unpaired) electrons. The molecule has 0 fully saturated rings. The number of hydrogen-bond donors (Lipinski definition) is 0. The molecule has 0 N–H and O–H groups in total. The first-order valence-corrected chi connectivity index (χ1v) is 35.9. The van der Waals surface area contributed by atoms with Gasteiger partial charge in [-0.1, -0.05) is 13.8 Å². The van der Waals surface area contributed by atoms with Crippen LogP contribution in [0.25, 0.3) is 0 Å². The Morgan fingerprint density at radius 3 is 1.03 bits per heavy atom. The smallest absolute Gasteiger partial charge is 0.0654 e. The molecular formula is C30H60O2SSn2. The van der Waals surface area contributed by atoms with E-state index >= 15 is 0 Å². The molecule has 0 aliphatic heterocycles. The van der Waals surface area contributed by atoms with E-state index in [1.165, 1.54) is 114 Å². The van der Waals surface area contributed by atoms with Crippen LogP contribution in [0.15, 0.2) is 0 Å². The fraction of sp³-hybridized carbons (Fsp3) is 0.867. The summed E-state index contributed by atoms with van der Waals surface area (Å²) in [6.07, 6.45) is 21.5. The van der Waals surface area contributed by atoms with E-state index in [0.717, 1.165) is 13.2 Å². The van der Waals surface area contributed by atoms with Gasteiger partial charge in [0.15, 0.2) is 0 Å². The fourth-order valence-corrected chi connectivity index (χ4v) is 20.2. The van der Waals surface area contributed by atoms with Gasteiger partial charge in [0.1, 0.15) is 0 Å². The average molecular weight is 722 g/mol. The maximum absolute atomic E-state index is 6.62. The number of ether oxygens (including phenoxy) is 2. The van der Waals surface area contributed by atoms with E-state index in [9.17, 15) is 0 Å². The van der Waals surface area contributed by atoms with Crippen LogP contribution in [0.1, 0.15) is 117 Å². The van der Waals surface area contributed by atoms with Crippen LogP contribution >= 0.6 is 11.3 Å². The molecule has 2 nitrogen and oxygen atoms in total. The normalized spacial score (nSPS) is 12.3. The van der Waals surface area contributed by atoms with Gasteiger partial charge in [-0.2, -0.15) is 0 Å². The Bertz CT molecular complexity index is 604. The first-order valence-electron chi connectivity index (χ1n) is 15.1. The number of unbranched alkanes of at least 4 members (excludes halogenated alkanes) is 14. The Morgan fingerprint density at radius 1 is 0.457 bits per heavy atom. The Labute approximate surface area is 232 Å². The molecular weight excluding hydrogens is 662 g/mol. The Kier molecular flexibility index (Phi) is 18.5. The first-order chi connectivity index (χ1) is 16.6. The summed E-state index contributed by atoms with van der Waals surface area (Å²) < 4.78 is 16.4. The van der Waals surface area contributed by atoms with Crippen LogP contribution in [-0.4, -0.2) is 50.0 Å². The quantitative estimate of drug-likeness (QED) is 0.0877. The summed E-state index contributed by atoms with van der Waals surface area (Å²) >= 11 is -2.50. The molecule has 1 aromatic heterocycles. The summed E-state index contributed by atoms with van der Waals surface area (Å²) in [5.74, 6) is 2.37. The van der Waals surface area contributed by atoms with Crippen molar-refractivity contribution in [1.82, 2.24) is 0 Å². The van der Waals surface area contributed by atoms with Gasteiger partial charge in [0.05, 0.1) is 0 Å². The van der Waals surface area contributed by atoms with Crippen molar-refractivity contribution in [1.29, 1.82) is 0 Å². The average Bonchev–Trinajstić information content (AvgIpc) is 3.16. The predicted octanol–water partition coefficient (Wildman–Crippen LogP) is 9.88. The fourth-order valence-electron chi connectivity index (χ4n) is 4.47. The van der Waals surface area contributed by atoms with Gasteiger partial charge in [0, 0.05) is 0 Å². The number of rotatable bonds is 22. The molecule has 1 heterocycles. The topological polar surface area (TPSA) is 18.5 Å². The summed E-state index contributed by atoms with van der Waals surface area (Å²) in [5.41, 5.74) is 0. The first kappa shape index (κ1) is 33.9. The molecule has 0 atom stereocenters. The summed E-state index contributed by atoms with van der Waals surface area (Å²) in [6, 6.07) is 0. The standard InChI is InChI=1S/C24H42O2S.6CH3.2Sn/c1-3-5-7-9-11-13-15-17-19-25-23-21-27-22-24(23)26-20-18-16-14-12-10-8-6-4-2;;;;;;;;/h3-20H2,1-2H3;6*1H3;;. The summed E-state index contributed by atoms with van der Waals surface area (Å²) in [5, 5.41) is 0. The van der Waals surface area contributed by atoms with E-state index in [2.05, 4.69) is 54.8 Å². The van der Waals surface area contributed by atoms with E-state index < -0.39 is 36.8 Å². The number of thiophene rings is 1. The monoisotopic (exact) mass is 724 g/mol. The van der Waals surface area contributed by atoms with E-state index in [1.807, 2.05) is 0 Å². The number of hydrogen-bond acceptors (Lipinski definition) is 3. The van der Waals surface area contributed by atoms with Crippen LogP contribution < -0.4 is 15.3 Å². The zero-order valence-electron chi connectivity index (χ0n) is 25.0. The van der Waals surface area contributed by atoms with Crippen molar-refractivity contribution in [3.63, 3.8) is 0 Å². The summed E-state index contributed by atoms with van der Waals surface area (Å²) in [6.45, 7) is 6.29. The Hall–Kier alpha value is 0.897. The van der Waals surface area contributed by atoms with Crippen LogP contribution in [-0.2, 0) is 0 Å². The minimum absolute atomic E-state index is 0.855. The second-order valence-electron chi connectivity index (χ2n) is 12.6. The van der Waals surface area contributed by atoms with Crippen LogP contribution in [0.3, 0.4) is 0 Å². The van der Waals surface area contributed by atoms with E-state index in [1.54, 1.807) is 5.79 Å². The molecule has 0 unspecified atom stereocenters. The second-order valence-corrected chi connectivity index (χ2v) is 44.2. The molecule has 35 heavy (non-hydrogen) atoms. The van der Waals surface area contributed by atoms with Gasteiger partial charge in [0.25, 0.3) is 0 Å². The molecule has 5 heteroatoms. The minimum Gasteiger partial charge on any atom is -0.0654 e. The SMILES string of the molecule is CCCCCCCCCCOc1[c]([Sn]([CH3])([CH3])[CH3])s[c]([Sn]([CH3])([CH3])[CH3])c1OCCCCCCCCCC. The van der Waals surface area contributed by atoms with Crippen molar-refractivity contribution < 1.29 is 9.47 Å². The Balaban J connectivity index is 2.69. The van der Waals surface area contributed by atoms with Gasteiger partial charge >= 0.3 is 220 Å². The molecule has 1 aromatic rings.